The third-order valence-electron chi connectivity index (χ3n) is 2.72. The average Bonchev–Trinajstić information content (AvgIpc) is 2.37. The van der Waals surface area contributed by atoms with Gasteiger partial charge in [-0.15, -0.1) is 0 Å². The van der Waals surface area contributed by atoms with Gasteiger partial charge in [-0.25, -0.2) is 9.97 Å². The van der Waals surface area contributed by atoms with Crippen LogP contribution in [0.3, 0.4) is 0 Å². The summed E-state index contributed by atoms with van der Waals surface area (Å²) in [5.74, 6) is 1.25. The van der Waals surface area contributed by atoms with E-state index < -0.39 is 0 Å². The largest absolute Gasteiger partial charge is 0.384 e. The summed E-state index contributed by atoms with van der Waals surface area (Å²) in [6.07, 6.45) is 2.68. The molecule has 1 aromatic carbocycles. The first-order valence-electron chi connectivity index (χ1n) is 6.08. The molecule has 0 atom stereocenters. The molecule has 1 heterocycles. The third-order valence-corrected chi connectivity index (χ3v) is 2.72. The molecule has 0 unspecified atom stereocenters. The number of nitrogens with one attached hydrogen (secondary N) is 1. The Morgan fingerprint density at radius 3 is 2.67 bits per heavy atom. The lowest BCUT2D eigenvalue weighted by atomic mass is 10.1. The van der Waals surface area contributed by atoms with Crippen molar-refractivity contribution in [2.24, 2.45) is 0 Å². The van der Waals surface area contributed by atoms with Crippen molar-refractivity contribution in [2.75, 3.05) is 12.3 Å². The molecule has 0 saturated heterocycles. The predicted octanol–water partition coefficient (Wildman–Crippen LogP) is 1.70. The maximum Gasteiger partial charge on any atom is 0.144 e. The number of anilines is 1. The van der Waals surface area contributed by atoms with Crippen molar-refractivity contribution in [1.29, 1.82) is 0 Å². The van der Waals surface area contributed by atoms with Gasteiger partial charge >= 0.3 is 0 Å². The molecule has 2 rings (SSSR count). The van der Waals surface area contributed by atoms with Crippen LogP contribution in [0.25, 0.3) is 0 Å². The van der Waals surface area contributed by atoms with Gasteiger partial charge in [0.25, 0.3) is 0 Å². The van der Waals surface area contributed by atoms with E-state index in [4.69, 9.17) is 5.73 Å². The predicted molar refractivity (Wildman–Crippen MR) is 73.0 cm³/mol. The Labute approximate surface area is 107 Å². The summed E-state index contributed by atoms with van der Waals surface area (Å²) in [5, 5.41) is 3.31. The molecule has 0 radical (unpaired) electrons. The van der Waals surface area contributed by atoms with Gasteiger partial charge in [0.05, 0.1) is 6.54 Å². The molecule has 0 amide bonds. The third kappa shape index (κ3) is 3.82. The van der Waals surface area contributed by atoms with Crippen molar-refractivity contribution in [2.45, 2.75) is 19.9 Å². The molecular formula is C14H18N4. The summed E-state index contributed by atoms with van der Waals surface area (Å²) < 4.78 is 0. The molecule has 0 fully saturated rings. The number of rotatable bonds is 5. The lowest BCUT2D eigenvalue weighted by Crippen LogP contribution is -2.18. The second-order valence-corrected chi connectivity index (χ2v) is 4.31. The zero-order valence-corrected chi connectivity index (χ0v) is 10.6. The smallest absolute Gasteiger partial charge is 0.144 e. The van der Waals surface area contributed by atoms with Crippen LogP contribution in [0, 0.1) is 6.92 Å². The molecule has 3 N–H and O–H groups in total. The standard InChI is InChI=1S/C14H18N4/c1-11-2-4-12(5-3-11)6-8-16-10-14-17-9-7-13(15)18-14/h2-5,7,9,16H,6,8,10H2,1H3,(H2,15,17,18). The van der Waals surface area contributed by atoms with Crippen LogP contribution in [-0.2, 0) is 13.0 Å². The minimum atomic E-state index is 0.514. The fourth-order valence-electron chi connectivity index (χ4n) is 1.69. The van der Waals surface area contributed by atoms with Gasteiger partial charge in [-0.1, -0.05) is 29.8 Å². The van der Waals surface area contributed by atoms with Gasteiger partial charge in [0, 0.05) is 6.20 Å². The lowest BCUT2D eigenvalue weighted by molar-refractivity contribution is 0.660. The quantitative estimate of drug-likeness (QED) is 0.783. The first kappa shape index (κ1) is 12.5. The van der Waals surface area contributed by atoms with Gasteiger partial charge in [-0.05, 0) is 31.5 Å². The highest BCUT2D eigenvalue weighted by molar-refractivity contribution is 5.25. The summed E-state index contributed by atoms with van der Waals surface area (Å²) in [7, 11) is 0. The highest BCUT2D eigenvalue weighted by Gasteiger charge is 1.97. The molecule has 0 bridgehead atoms. The summed E-state index contributed by atoms with van der Waals surface area (Å²) >= 11 is 0. The second-order valence-electron chi connectivity index (χ2n) is 4.31. The maximum absolute atomic E-state index is 5.59. The molecule has 4 heteroatoms. The fourth-order valence-corrected chi connectivity index (χ4v) is 1.69. The van der Waals surface area contributed by atoms with Gasteiger partial charge in [0.15, 0.2) is 0 Å². The molecule has 94 valence electrons. The minimum absolute atomic E-state index is 0.514. The molecule has 1 aromatic heterocycles. The van der Waals surface area contributed by atoms with Gasteiger partial charge in [0.2, 0.25) is 0 Å². The number of nitrogens with zero attached hydrogens (tertiary/aromatic N) is 2. The normalized spacial score (nSPS) is 10.5. The van der Waals surface area contributed by atoms with E-state index in [0.29, 0.717) is 12.4 Å². The van der Waals surface area contributed by atoms with Crippen molar-refractivity contribution in [3.8, 4) is 0 Å². The zero-order valence-electron chi connectivity index (χ0n) is 10.6. The van der Waals surface area contributed by atoms with Crippen LogP contribution in [0.2, 0.25) is 0 Å². The van der Waals surface area contributed by atoms with Crippen LogP contribution in [0.15, 0.2) is 36.5 Å². The van der Waals surface area contributed by atoms with E-state index in [1.54, 1.807) is 12.3 Å². The molecule has 4 nitrogen and oxygen atoms in total. The van der Waals surface area contributed by atoms with E-state index in [1.165, 1.54) is 11.1 Å². The van der Waals surface area contributed by atoms with Crippen molar-refractivity contribution in [3.63, 3.8) is 0 Å². The first-order chi connectivity index (χ1) is 8.74. The monoisotopic (exact) mass is 242 g/mol. The van der Waals surface area contributed by atoms with E-state index in [9.17, 15) is 0 Å². The Bertz CT molecular complexity index is 493. The molecule has 0 aliphatic rings. The average molecular weight is 242 g/mol. The van der Waals surface area contributed by atoms with E-state index in [-0.39, 0.29) is 0 Å². The number of aryl methyl sites for hydroxylation is 1. The number of nitrogens with two attached hydrogens (primary N) is 1. The Morgan fingerprint density at radius 2 is 1.94 bits per heavy atom. The van der Waals surface area contributed by atoms with Crippen LogP contribution in [-0.4, -0.2) is 16.5 Å². The van der Waals surface area contributed by atoms with Crippen LogP contribution < -0.4 is 11.1 Å². The first-order valence-corrected chi connectivity index (χ1v) is 6.08. The number of hydrogen-bond donors (Lipinski definition) is 2. The summed E-state index contributed by atoms with van der Waals surface area (Å²) in [6.45, 7) is 3.65. The second kappa shape index (κ2) is 6.12. The van der Waals surface area contributed by atoms with Gasteiger partial charge < -0.3 is 11.1 Å². The van der Waals surface area contributed by atoms with E-state index >= 15 is 0 Å². The van der Waals surface area contributed by atoms with Crippen LogP contribution in [0.1, 0.15) is 17.0 Å². The van der Waals surface area contributed by atoms with Crippen LogP contribution in [0.5, 0.6) is 0 Å². The molecule has 0 aliphatic heterocycles. The SMILES string of the molecule is Cc1ccc(CCNCc2nccc(N)n2)cc1. The molecule has 0 aliphatic carbocycles. The number of benzene rings is 1. The zero-order chi connectivity index (χ0) is 12.8. The molecule has 0 saturated carbocycles. The highest BCUT2D eigenvalue weighted by atomic mass is 15.0. The van der Waals surface area contributed by atoms with E-state index in [2.05, 4.69) is 46.5 Å². The Morgan fingerprint density at radius 1 is 1.17 bits per heavy atom. The fraction of sp³-hybridized carbons (Fsp3) is 0.286. The summed E-state index contributed by atoms with van der Waals surface area (Å²) in [5.41, 5.74) is 8.22. The molecule has 0 spiro atoms. The van der Waals surface area contributed by atoms with E-state index in [0.717, 1.165) is 18.8 Å². The Hall–Kier alpha value is -1.94. The summed E-state index contributed by atoms with van der Waals surface area (Å²) in [4.78, 5) is 8.28. The Kier molecular flexibility index (Phi) is 4.25. The van der Waals surface area contributed by atoms with Gasteiger partial charge in [-0.2, -0.15) is 0 Å². The van der Waals surface area contributed by atoms with Crippen molar-refractivity contribution < 1.29 is 0 Å². The number of aromatic nitrogens is 2. The van der Waals surface area contributed by atoms with Crippen molar-refractivity contribution in [1.82, 2.24) is 15.3 Å². The summed E-state index contributed by atoms with van der Waals surface area (Å²) in [6, 6.07) is 10.3. The number of nitrogen functional groups attached to an aromatic ring is 1. The molecule has 18 heavy (non-hydrogen) atoms. The minimum Gasteiger partial charge on any atom is -0.384 e. The van der Waals surface area contributed by atoms with Crippen molar-refractivity contribution >= 4 is 5.82 Å². The van der Waals surface area contributed by atoms with Crippen LogP contribution >= 0.6 is 0 Å². The lowest BCUT2D eigenvalue weighted by Gasteiger charge is -2.05. The van der Waals surface area contributed by atoms with Crippen LogP contribution in [0.4, 0.5) is 5.82 Å². The Balaban J connectivity index is 1.74. The van der Waals surface area contributed by atoms with E-state index in [1.807, 2.05) is 0 Å². The molecule has 2 aromatic rings. The maximum atomic E-state index is 5.59. The van der Waals surface area contributed by atoms with Gasteiger partial charge in [0.1, 0.15) is 11.6 Å². The van der Waals surface area contributed by atoms with Gasteiger partial charge in [-0.3, -0.25) is 0 Å². The molecular weight excluding hydrogens is 224 g/mol. The number of hydrogen-bond acceptors (Lipinski definition) is 4. The topological polar surface area (TPSA) is 63.8 Å². The highest BCUT2D eigenvalue weighted by Crippen LogP contribution is 2.03. The van der Waals surface area contributed by atoms with Crippen molar-refractivity contribution in [3.05, 3.63) is 53.5 Å².